The van der Waals surface area contributed by atoms with E-state index in [9.17, 15) is 13.2 Å². The van der Waals surface area contributed by atoms with Crippen LogP contribution in [0.1, 0.15) is 42.5 Å². The number of benzene rings is 1. The Morgan fingerprint density at radius 2 is 2.00 bits per heavy atom. The van der Waals surface area contributed by atoms with Gasteiger partial charge in [0.15, 0.2) is 0 Å². The molecule has 1 fully saturated rings. The number of ketones is 1. The largest absolute Gasteiger partial charge is 0.361 e. The highest BCUT2D eigenvalue weighted by Crippen LogP contribution is 2.25. The molecule has 2 rings (SSSR count). The molecule has 0 radical (unpaired) electrons. The van der Waals surface area contributed by atoms with E-state index in [0.717, 1.165) is 32.1 Å². The summed E-state index contributed by atoms with van der Waals surface area (Å²) in [5, 5.41) is 0.0424. The first kappa shape index (κ1) is 16.8. The Morgan fingerprint density at radius 3 is 2.64 bits per heavy atom. The third-order valence-electron chi connectivity index (χ3n) is 3.61. The zero-order chi connectivity index (χ0) is 16.2. The van der Waals surface area contributed by atoms with Gasteiger partial charge in [-0.15, -0.1) is 0 Å². The highest BCUT2D eigenvalue weighted by Gasteiger charge is 2.25. The van der Waals surface area contributed by atoms with Crippen LogP contribution < -0.4 is 4.72 Å². The number of carbonyl (C=O) groups excluding carboxylic acids is 1. The quantitative estimate of drug-likeness (QED) is 0.385. The molecule has 0 aromatic heterocycles. The molecule has 118 valence electrons. The molecule has 1 aromatic carbocycles. The number of sulfonamides is 1. The van der Waals surface area contributed by atoms with Gasteiger partial charge in [-0.05, 0) is 31.0 Å². The first-order chi connectivity index (χ1) is 10.4. The van der Waals surface area contributed by atoms with Gasteiger partial charge in [-0.1, -0.05) is 30.9 Å². The van der Waals surface area contributed by atoms with Gasteiger partial charge in [-0.25, -0.2) is 13.1 Å². The number of halogens is 1. The van der Waals surface area contributed by atoms with E-state index < -0.39 is 15.8 Å². The number of rotatable bonds is 5. The van der Waals surface area contributed by atoms with Crippen LogP contribution in [-0.4, -0.2) is 31.2 Å². The van der Waals surface area contributed by atoms with Crippen molar-refractivity contribution in [3.63, 3.8) is 0 Å². The minimum Gasteiger partial charge on any atom is -0.361 e. The van der Waals surface area contributed by atoms with Crippen molar-refractivity contribution in [1.29, 1.82) is 0 Å². The van der Waals surface area contributed by atoms with Crippen LogP contribution in [0.15, 0.2) is 23.1 Å². The van der Waals surface area contributed by atoms with Crippen LogP contribution in [0.25, 0.3) is 5.53 Å². The summed E-state index contributed by atoms with van der Waals surface area (Å²) in [6.07, 6.45) is 5.40. The lowest BCUT2D eigenvalue weighted by atomic mass is 9.96. The number of nitrogens with zero attached hydrogens (tertiary/aromatic N) is 2. The fraction of sp³-hybridized carbons (Fsp3) is 0.429. The SMILES string of the molecule is [N-]=[N+]=CC(=O)c1ccc(Cl)c(S(=O)(=O)NC2CCCCC2)c1. The van der Waals surface area contributed by atoms with Crippen molar-refractivity contribution in [3.8, 4) is 0 Å². The Labute approximate surface area is 134 Å². The van der Waals surface area contributed by atoms with Crippen molar-refractivity contribution in [2.24, 2.45) is 0 Å². The molecule has 8 heteroatoms. The van der Waals surface area contributed by atoms with Gasteiger partial charge in [0.25, 0.3) is 5.78 Å². The Morgan fingerprint density at radius 1 is 1.32 bits per heavy atom. The molecular weight excluding hydrogens is 326 g/mol. The van der Waals surface area contributed by atoms with E-state index in [1.165, 1.54) is 18.2 Å². The van der Waals surface area contributed by atoms with Crippen LogP contribution >= 0.6 is 11.6 Å². The minimum atomic E-state index is -3.80. The molecule has 0 atom stereocenters. The summed E-state index contributed by atoms with van der Waals surface area (Å²) in [7, 11) is -3.80. The smallest absolute Gasteiger partial charge is 0.328 e. The first-order valence-corrected chi connectivity index (χ1v) is 8.84. The molecule has 1 aromatic rings. The molecule has 0 amide bonds. The van der Waals surface area contributed by atoms with E-state index >= 15 is 0 Å². The summed E-state index contributed by atoms with van der Waals surface area (Å²) < 4.78 is 27.6. The van der Waals surface area contributed by atoms with Crippen LogP contribution in [0, 0.1) is 0 Å². The molecule has 1 aliphatic rings. The average molecular weight is 342 g/mol. The molecule has 22 heavy (non-hydrogen) atoms. The summed E-state index contributed by atoms with van der Waals surface area (Å²) in [4.78, 5) is 14.2. The Hall–Kier alpha value is -1.53. The van der Waals surface area contributed by atoms with Gasteiger partial charge in [-0.2, -0.15) is 4.79 Å². The van der Waals surface area contributed by atoms with Crippen LogP contribution in [0.5, 0.6) is 0 Å². The maximum atomic E-state index is 12.5. The Bertz CT molecular complexity index is 721. The van der Waals surface area contributed by atoms with Gasteiger partial charge < -0.3 is 5.53 Å². The molecule has 0 unspecified atom stereocenters. The maximum absolute atomic E-state index is 12.5. The third kappa shape index (κ3) is 4.01. The average Bonchev–Trinajstić information content (AvgIpc) is 2.48. The third-order valence-corrected chi connectivity index (χ3v) is 5.61. The van der Waals surface area contributed by atoms with Crippen LogP contribution in [0.3, 0.4) is 0 Å². The molecule has 0 saturated heterocycles. The first-order valence-electron chi connectivity index (χ1n) is 6.97. The monoisotopic (exact) mass is 341 g/mol. The molecular formula is C14H16ClN3O3S. The van der Waals surface area contributed by atoms with Gasteiger partial charge in [0.2, 0.25) is 10.0 Å². The van der Waals surface area contributed by atoms with Crippen molar-refractivity contribution in [2.45, 2.75) is 43.0 Å². The van der Waals surface area contributed by atoms with E-state index in [-0.39, 0.29) is 21.5 Å². The van der Waals surface area contributed by atoms with Crippen LogP contribution in [0.2, 0.25) is 5.02 Å². The lowest BCUT2D eigenvalue weighted by Gasteiger charge is -2.22. The van der Waals surface area contributed by atoms with Crippen molar-refractivity contribution >= 4 is 33.6 Å². The maximum Gasteiger partial charge on any atom is 0.328 e. The van der Waals surface area contributed by atoms with E-state index in [1.807, 2.05) is 0 Å². The number of Topliss-reactive ketones (excluding diaryl/α,β-unsaturated/α-hetero) is 1. The van der Waals surface area contributed by atoms with Gasteiger partial charge >= 0.3 is 6.21 Å². The second-order valence-electron chi connectivity index (χ2n) is 5.21. The van der Waals surface area contributed by atoms with Gasteiger partial charge in [0.1, 0.15) is 4.90 Å². The molecule has 1 saturated carbocycles. The zero-order valence-corrected chi connectivity index (χ0v) is 13.4. The molecule has 0 heterocycles. The van der Waals surface area contributed by atoms with Crippen LogP contribution in [0.4, 0.5) is 0 Å². The van der Waals surface area contributed by atoms with Crippen molar-refractivity contribution in [3.05, 3.63) is 34.3 Å². The van der Waals surface area contributed by atoms with Gasteiger partial charge in [0.05, 0.1) is 5.02 Å². The van der Waals surface area contributed by atoms with Gasteiger partial charge in [-0.3, -0.25) is 4.79 Å². The second-order valence-corrected chi connectivity index (χ2v) is 7.30. The lowest BCUT2D eigenvalue weighted by Crippen LogP contribution is -2.36. The fourth-order valence-electron chi connectivity index (χ4n) is 2.49. The Kier molecular flexibility index (Phi) is 5.47. The molecule has 1 aliphatic carbocycles. The standard InChI is InChI=1S/C14H16ClN3O3S/c15-12-7-6-10(13(19)9-17-16)8-14(12)22(20,21)18-11-4-2-1-3-5-11/h6-9,11,18H,1-5H2. The van der Waals surface area contributed by atoms with E-state index in [2.05, 4.69) is 9.51 Å². The van der Waals surface area contributed by atoms with E-state index in [1.54, 1.807) is 0 Å². The van der Waals surface area contributed by atoms with Gasteiger partial charge in [0, 0.05) is 11.6 Å². The summed E-state index contributed by atoms with van der Waals surface area (Å²) in [6, 6.07) is 3.81. The number of hydrogen-bond acceptors (Lipinski definition) is 3. The van der Waals surface area contributed by atoms with E-state index in [0.29, 0.717) is 6.21 Å². The van der Waals surface area contributed by atoms with Crippen molar-refractivity contribution in [2.75, 3.05) is 0 Å². The second kappa shape index (κ2) is 7.15. The normalized spacial score (nSPS) is 16.0. The summed E-state index contributed by atoms with van der Waals surface area (Å²) in [6.45, 7) is 0. The topological polar surface area (TPSA) is 99.6 Å². The molecule has 6 nitrogen and oxygen atoms in total. The lowest BCUT2D eigenvalue weighted by molar-refractivity contribution is 0.00234. The highest BCUT2D eigenvalue weighted by atomic mass is 35.5. The van der Waals surface area contributed by atoms with E-state index in [4.69, 9.17) is 17.1 Å². The summed E-state index contributed by atoms with van der Waals surface area (Å²) >= 11 is 5.97. The molecule has 0 aliphatic heterocycles. The summed E-state index contributed by atoms with van der Waals surface area (Å²) in [5.41, 5.74) is 8.48. The fourth-order valence-corrected chi connectivity index (χ4v) is 4.32. The van der Waals surface area contributed by atoms with Crippen molar-refractivity contribution < 1.29 is 18.0 Å². The number of carbonyl (C=O) groups is 1. The Balaban J connectivity index is 2.30. The molecule has 1 N–H and O–H groups in total. The minimum absolute atomic E-state index is 0.0424. The number of hydrogen-bond donors (Lipinski definition) is 1. The van der Waals surface area contributed by atoms with Crippen molar-refractivity contribution in [1.82, 2.24) is 4.72 Å². The predicted molar refractivity (Wildman–Crippen MR) is 82.7 cm³/mol. The zero-order valence-electron chi connectivity index (χ0n) is 11.8. The molecule has 0 bridgehead atoms. The number of nitrogens with one attached hydrogen (secondary N) is 1. The highest BCUT2D eigenvalue weighted by molar-refractivity contribution is 7.89. The predicted octanol–water partition coefficient (Wildman–Crippen LogP) is 2.43. The molecule has 0 spiro atoms. The summed E-state index contributed by atoms with van der Waals surface area (Å²) in [5.74, 6) is -0.603. The van der Waals surface area contributed by atoms with Crippen LogP contribution in [-0.2, 0) is 10.0 Å².